The monoisotopic (exact) mass is 450 g/mol. The zero-order chi connectivity index (χ0) is 23.2. The summed E-state index contributed by atoms with van der Waals surface area (Å²) in [5, 5.41) is 12.6. The van der Waals surface area contributed by atoms with Gasteiger partial charge in [0.25, 0.3) is 11.8 Å². The molecule has 8 nitrogen and oxygen atoms in total. The molecule has 1 aromatic heterocycles. The molecule has 4 rings (SSSR count). The van der Waals surface area contributed by atoms with Crippen molar-refractivity contribution in [3.05, 3.63) is 62.8 Å². The second-order valence-electron chi connectivity index (χ2n) is 8.04. The number of hydrogen-bond donors (Lipinski definition) is 3. The van der Waals surface area contributed by atoms with Crippen molar-refractivity contribution in [2.24, 2.45) is 11.7 Å². The van der Waals surface area contributed by atoms with Crippen molar-refractivity contribution >= 4 is 11.8 Å². The summed E-state index contributed by atoms with van der Waals surface area (Å²) < 4.78 is 42.0. The Labute approximate surface area is 180 Å². The van der Waals surface area contributed by atoms with Crippen LogP contribution in [0.5, 0.6) is 5.75 Å². The molecule has 3 heterocycles. The molecule has 0 saturated carbocycles. The third-order valence-electron chi connectivity index (χ3n) is 6.04. The van der Waals surface area contributed by atoms with Crippen LogP contribution in [0.2, 0.25) is 0 Å². The van der Waals surface area contributed by atoms with Crippen LogP contribution in [0.25, 0.3) is 0 Å². The first-order chi connectivity index (χ1) is 15.2. The quantitative estimate of drug-likeness (QED) is 0.645. The van der Waals surface area contributed by atoms with Gasteiger partial charge in [0.2, 0.25) is 5.43 Å². The lowest BCUT2D eigenvalue weighted by molar-refractivity contribution is 0.0420. The number of hydrogen-bond acceptors (Lipinski definition) is 5. The third-order valence-corrected chi connectivity index (χ3v) is 6.04. The first-order valence-electron chi connectivity index (χ1n) is 10.1. The van der Waals surface area contributed by atoms with E-state index in [4.69, 9.17) is 5.73 Å². The predicted molar refractivity (Wildman–Crippen MR) is 106 cm³/mol. The van der Waals surface area contributed by atoms with Gasteiger partial charge in [-0.3, -0.25) is 14.4 Å². The number of carbonyl (C=O) groups is 2. The fraction of sp³-hybridized carbons (Fsp3) is 0.381. The van der Waals surface area contributed by atoms with Crippen molar-refractivity contribution in [3.8, 4) is 5.75 Å². The Balaban J connectivity index is 1.61. The standard InChI is InChI=1S/C21H21F3N4O4/c22-11-3-15(23)13(16(24)4-11)6-26-20(31)14-9-27-8-12-2-1-10(5-25)7-28(12)21(32)17(27)19(30)18(14)29/h3-4,9-10,12,30H,1-2,5-8,25H2,(H,26,31)/t10?,12-/m0/s1. The van der Waals surface area contributed by atoms with Gasteiger partial charge in [0.1, 0.15) is 23.0 Å². The lowest BCUT2D eigenvalue weighted by Gasteiger charge is -2.43. The zero-order valence-corrected chi connectivity index (χ0v) is 16.9. The van der Waals surface area contributed by atoms with Crippen LogP contribution < -0.4 is 16.5 Å². The second kappa shape index (κ2) is 8.30. The molecule has 4 N–H and O–H groups in total. The van der Waals surface area contributed by atoms with Crippen LogP contribution in [-0.2, 0) is 13.1 Å². The Hall–Kier alpha value is -3.34. The van der Waals surface area contributed by atoms with Crippen LogP contribution in [0, 0.1) is 23.4 Å². The van der Waals surface area contributed by atoms with Gasteiger partial charge in [-0.2, -0.15) is 0 Å². The van der Waals surface area contributed by atoms with E-state index >= 15 is 0 Å². The number of halogens is 3. The van der Waals surface area contributed by atoms with Gasteiger partial charge in [-0.15, -0.1) is 0 Å². The summed E-state index contributed by atoms with van der Waals surface area (Å²) in [6.45, 7) is 0.469. The Bertz CT molecular complexity index is 1140. The largest absolute Gasteiger partial charge is 0.503 e. The summed E-state index contributed by atoms with van der Waals surface area (Å²) in [7, 11) is 0. The molecule has 2 amide bonds. The van der Waals surface area contributed by atoms with Crippen LogP contribution in [-0.4, -0.2) is 45.5 Å². The number of carbonyl (C=O) groups excluding carboxylic acids is 2. The minimum Gasteiger partial charge on any atom is -0.503 e. The summed E-state index contributed by atoms with van der Waals surface area (Å²) in [5.74, 6) is -5.73. The van der Waals surface area contributed by atoms with E-state index in [1.165, 1.54) is 4.57 Å². The number of amides is 2. The van der Waals surface area contributed by atoms with Crippen molar-refractivity contribution in [2.75, 3.05) is 13.1 Å². The van der Waals surface area contributed by atoms with E-state index in [1.807, 2.05) is 0 Å². The molecule has 1 aromatic carbocycles. The van der Waals surface area contributed by atoms with Crippen molar-refractivity contribution in [3.63, 3.8) is 0 Å². The molecule has 1 saturated heterocycles. The topological polar surface area (TPSA) is 118 Å². The van der Waals surface area contributed by atoms with E-state index in [0.717, 1.165) is 12.6 Å². The van der Waals surface area contributed by atoms with E-state index in [2.05, 4.69) is 5.32 Å². The van der Waals surface area contributed by atoms with E-state index in [-0.39, 0.29) is 24.2 Å². The lowest BCUT2D eigenvalue weighted by Crippen LogP contribution is -2.54. The number of rotatable bonds is 4. The van der Waals surface area contributed by atoms with Gasteiger partial charge < -0.3 is 25.6 Å². The summed E-state index contributed by atoms with van der Waals surface area (Å²) in [4.78, 5) is 39.7. The van der Waals surface area contributed by atoms with E-state index in [9.17, 15) is 32.7 Å². The molecule has 1 fully saturated rings. The van der Waals surface area contributed by atoms with Gasteiger partial charge in [-0.25, -0.2) is 13.2 Å². The molecule has 1 unspecified atom stereocenters. The molecule has 170 valence electrons. The van der Waals surface area contributed by atoms with E-state index in [0.29, 0.717) is 31.6 Å². The maximum atomic E-state index is 13.8. The summed E-state index contributed by atoms with van der Waals surface area (Å²) >= 11 is 0. The molecule has 11 heteroatoms. The highest BCUT2D eigenvalue weighted by molar-refractivity contribution is 5.99. The number of aromatic nitrogens is 1. The Morgan fingerprint density at radius 3 is 2.50 bits per heavy atom. The molecule has 2 aliphatic rings. The van der Waals surface area contributed by atoms with Crippen molar-refractivity contribution in [1.29, 1.82) is 0 Å². The number of nitrogens with zero attached hydrogens (tertiary/aromatic N) is 2. The molecule has 0 radical (unpaired) electrons. The minimum absolute atomic E-state index is 0.132. The SMILES string of the molecule is NCC1CC[C@H]2Cn3cc(C(=O)NCc4c(F)cc(F)cc4F)c(=O)c(O)c3C(=O)N2C1. The minimum atomic E-state index is -1.19. The molecule has 0 bridgehead atoms. The highest BCUT2D eigenvalue weighted by atomic mass is 19.1. The molecular weight excluding hydrogens is 429 g/mol. The fourth-order valence-electron chi connectivity index (χ4n) is 4.28. The van der Waals surface area contributed by atoms with Gasteiger partial charge in [0.15, 0.2) is 11.4 Å². The average Bonchev–Trinajstić information content (AvgIpc) is 2.75. The van der Waals surface area contributed by atoms with E-state index < -0.39 is 58.1 Å². The molecule has 32 heavy (non-hydrogen) atoms. The van der Waals surface area contributed by atoms with Crippen LogP contribution in [0.1, 0.15) is 39.3 Å². The van der Waals surface area contributed by atoms with E-state index in [1.54, 1.807) is 4.90 Å². The van der Waals surface area contributed by atoms with Gasteiger partial charge in [-0.05, 0) is 25.3 Å². The maximum Gasteiger partial charge on any atom is 0.274 e. The number of nitrogens with two attached hydrogens (primary N) is 1. The second-order valence-corrected chi connectivity index (χ2v) is 8.04. The third kappa shape index (κ3) is 3.72. The van der Waals surface area contributed by atoms with Gasteiger partial charge >= 0.3 is 0 Å². The highest BCUT2D eigenvalue weighted by Crippen LogP contribution is 2.30. The summed E-state index contributed by atoms with van der Waals surface area (Å²) in [5.41, 5.74) is 3.37. The first-order valence-corrected chi connectivity index (χ1v) is 10.1. The predicted octanol–water partition coefficient (Wildman–Crippen LogP) is 1.09. The van der Waals surface area contributed by atoms with Crippen LogP contribution in [0.15, 0.2) is 23.1 Å². The lowest BCUT2D eigenvalue weighted by atomic mass is 9.90. The van der Waals surface area contributed by atoms with Crippen molar-refractivity contribution in [2.45, 2.75) is 32.0 Å². The Morgan fingerprint density at radius 1 is 1.16 bits per heavy atom. The normalized spacial score (nSPS) is 20.0. The van der Waals surface area contributed by atoms with Crippen LogP contribution >= 0.6 is 0 Å². The number of benzene rings is 1. The van der Waals surface area contributed by atoms with Gasteiger partial charge in [-0.1, -0.05) is 0 Å². The van der Waals surface area contributed by atoms with Crippen molar-refractivity contribution in [1.82, 2.24) is 14.8 Å². The molecule has 2 aromatic rings. The number of pyridine rings is 1. The fourth-order valence-corrected chi connectivity index (χ4v) is 4.28. The summed E-state index contributed by atoms with van der Waals surface area (Å²) in [6.07, 6.45) is 2.67. The zero-order valence-electron chi connectivity index (χ0n) is 16.9. The molecule has 2 atom stereocenters. The molecule has 0 aliphatic carbocycles. The summed E-state index contributed by atoms with van der Waals surface area (Å²) in [6, 6.07) is 0.778. The van der Waals surface area contributed by atoms with Crippen molar-refractivity contribution < 1.29 is 27.9 Å². The maximum absolute atomic E-state index is 13.8. The Kier molecular flexibility index (Phi) is 5.68. The number of nitrogens with one attached hydrogen (secondary N) is 1. The highest BCUT2D eigenvalue weighted by Gasteiger charge is 2.39. The van der Waals surface area contributed by atoms with Crippen LogP contribution in [0.3, 0.4) is 0 Å². The molecule has 2 aliphatic heterocycles. The number of fused-ring (bicyclic) bond motifs is 2. The molecular formula is C21H21F3N4O4. The number of aromatic hydroxyl groups is 1. The van der Waals surface area contributed by atoms with Gasteiger partial charge in [0, 0.05) is 49.6 Å². The Morgan fingerprint density at radius 2 is 1.84 bits per heavy atom. The van der Waals surface area contributed by atoms with Crippen LogP contribution in [0.4, 0.5) is 13.2 Å². The molecule has 0 spiro atoms. The smallest absolute Gasteiger partial charge is 0.274 e. The average molecular weight is 450 g/mol. The first kappa shape index (κ1) is 21.9. The number of piperidine rings is 1. The van der Waals surface area contributed by atoms with Gasteiger partial charge in [0.05, 0.1) is 0 Å².